The standard InChI is InChI=1S/C30H40ClN5O8/c1-18(2)13-23(36-16-21(14-26(36)38)43-24-10-8-7-9-22(24)31)27(39)33-25-11-12-35(34-25)15-20(37)17-42-28(40)19(3)32-29(41)44-30(4,5)6/h7-12,14,18-20,23,37H,13,15-17H2,1-6H3,(H,32,41)(H,33,34,39)/t19-,20+,23-/m0/s1. The minimum atomic E-state index is -1.12. The van der Waals surface area contributed by atoms with Gasteiger partial charge in [-0.3, -0.25) is 14.3 Å². The van der Waals surface area contributed by atoms with Crippen molar-refractivity contribution in [3.05, 3.63) is 53.4 Å². The lowest BCUT2D eigenvalue weighted by atomic mass is 10.0. The van der Waals surface area contributed by atoms with Gasteiger partial charge in [0, 0.05) is 18.3 Å². The van der Waals surface area contributed by atoms with Gasteiger partial charge >= 0.3 is 12.1 Å². The summed E-state index contributed by atoms with van der Waals surface area (Å²) in [6.45, 7) is 10.1. The number of rotatable bonds is 13. The number of ether oxygens (including phenoxy) is 3. The second-order valence-electron chi connectivity index (χ2n) is 11.8. The van der Waals surface area contributed by atoms with Gasteiger partial charge in [0.15, 0.2) is 5.82 Å². The summed E-state index contributed by atoms with van der Waals surface area (Å²) in [4.78, 5) is 51.7. The van der Waals surface area contributed by atoms with Gasteiger partial charge in [-0.2, -0.15) is 5.10 Å². The summed E-state index contributed by atoms with van der Waals surface area (Å²) in [7, 11) is 0. The van der Waals surface area contributed by atoms with Crippen LogP contribution in [0, 0.1) is 5.92 Å². The smallest absolute Gasteiger partial charge is 0.408 e. The fourth-order valence-corrected chi connectivity index (χ4v) is 4.36. The fraction of sp³-hybridized carbons (Fsp3) is 0.500. The number of aliphatic hydroxyl groups excluding tert-OH is 1. The maximum absolute atomic E-state index is 13.3. The first kappa shape index (κ1) is 34.4. The molecule has 240 valence electrons. The maximum atomic E-state index is 13.3. The van der Waals surface area contributed by atoms with E-state index in [2.05, 4.69) is 15.7 Å². The van der Waals surface area contributed by atoms with Crippen molar-refractivity contribution in [2.24, 2.45) is 5.92 Å². The largest absolute Gasteiger partial charge is 0.461 e. The minimum absolute atomic E-state index is 0.0380. The molecule has 1 aliphatic heterocycles. The zero-order valence-corrected chi connectivity index (χ0v) is 26.5. The lowest BCUT2D eigenvalue weighted by molar-refractivity contribution is -0.149. The summed E-state index contributed by atoms with van der Waals surface area (Å²) in [5, 5.41) is 20.1. The Labute approximate surface area is 261 Å². The van der Waals surface area contributed by atoms with E-state index in [4.69, 9.17) is 25.8 Å². The second-order valence-corrected chi connectivity index (χ2v) is 12.2. The zero-order chi connectivity index (χ0) is 32.6. The number of nitrogens with zero attached hydrogens (tertiary/aromatic N) is 3. The molecule has 3 atom stereocenters. The van der Waals surface area contributed by atoms with Gasteiger partial charge in [-0.25, -0.2) is 9.59 Å². The number of halogens is 1. The summed E-state index contributed by atoms with van der Waals surface area (Å²) in [6.07, 6.45) is 1.41. The molecule has 0 aliphatic carbocycles. The van der Waals surface area contributed by atoms with Gasteiger partial charge in [0.05, 0.1) is 18.1 Å². The van der Waals surface area contributed by atoms with E-state index in [1.54, 1.807) is 57.3 Å². The van der Waals surface area contributed by atoms with Crippen LogP contribution in [0.25, 0.3) is 0 Å². The number of benzene rings is 1. The first-order valence-corrected chi connectivity index (χ1v) is 14.6. The molecule has 3 N–H and O–H groups in total. The number of hydrogen-bond acceptors (Lipinski definition) is 9. The SMILES string of the molecule is CC(C)C[C@@H](C(=O)Nc1ccn(C[C@@H](O)COC(=O)[C@H](C)NC(=O)OC(C)(C)C)n1)N1CC(Oc2ccccc2Cl)=CC1=O. The van der Waals surface area contributed by atoms with Gasteiger partial charge in [0.2, 0.25) is 5.91 Å². The van der Waals surface area contributed by atoms with Crippen LogP contribution in [-0.2, 0) is 30.4 Å². The molecule has 0 radical (unpaired) electrons. The third-order valence-corrected chi connectivity index (χ3v) is 6.45. The van der Waals surface area contributed by atoms with Crippen molar-refractivity contribution in [2.75, 3.05) is 18.5 Å². The van der Waals surface area contributed by atoms with Crippen molar-refractivity contribution in [2.45, 2.75) is 78.3 Å². The number of esters is 1. The van der Waals surface area contributed by atoms with Crippen molar-refractivity contribution in [3.8, 4) is 5.75 Å². The van der Waals surface area contributed by atoms with Crippen LogP contribution in [0.3, 0.4) is 0 Å². The number of alkyl carbamates (subject to hydrolysis) is 1. The van der Waals surface area contributed by atoms with Crippen LogP contribution >= 0.6 is 11.6 Å². The van der Waals surface area contributed by atoms with E-state index >= 15 is 0 Å². The summed E-state index contributed by atoms with van der Waals surface area (Å²) in [5.41, 5.74) is -0.722. The molecule has 1 aromatic carbocycles. The zero-order valence-electron chi connectivity index (χ0n) is 25.7. The first-order valence-electron chi connectivity index (χ1n) is 14.2. The van der Waals surface area contributed by atoms with Crippen molar-refractivity contribution >= 4 is 41.3 Å². The van der Waals surface area contributed by atoms with E-state index in [9.17, 15) is 24.3 Å². The Morgan fingerprint density at radius 1 is 1.14 bits per heavy atom. The summed E-state index contributed by atoms with van der Waals surface area (Å²) in [5.74, 6) is -0.420. The first-order chi connectivity index (χ1) is 20.6. The van der Waals surface area contributed by atoms with Gasteiger partial charge in [0.25, 0.3) is 5.91 Å². The third kappa shape index (κ3) is 10.6. The molecule has 44 heavy (non-hydrogen) atoms. The Hall–Kier alpha value is -4.10. The highest BCUT2D eigenvalue weighted by Gasteiger charge is 2.35. The molecule has 3 rings (SSSR count). The van der Waals surface area contributed by atoms with Crippen LogP contribution in [0.4, 0.5) is 10.6 Å². The van der Waals surface area contributed by atoms with Crippen LogP contribution in [0.1, 0.15) is 48.0 Å². The van der Waals surface area contributed by atoms with Gasteiger partial charge in [0.1, 0.15) is 41.9 Å². The highest BCUT2D eigenvalue weighted by Crippen LogP contribution is 2.28. The van der Waals surface area contributed by atoms with Crippen molar-refractivity contribution in [3.63, 3.8) is 0 Å². The number of aliphatic hydroxyl groups is 1. The number of amides is 3. The predicted octanol–water partition coefficient (Wildman–Crippen LogP) is 3.51. The van der Waals surface area contributed by atoms with Gasteiger partial charge < -0.3 is 34.9 Å². The monoisotopic (exact) mass is 633 g/mol. The molecule has 1 aromatic heterocycles. The molecule has 2 aromatic rings. The molecule has 0 unspecified atom stereocenters. The normalized spacial score (nSPS) is 15.3. The molecule has 1 aliphatic rings. The number of para-hydroxylation sites is 1. The van der Waals surface area contributed by atoms with Crippen LogP contribution in [0.5, 0.6) is 5.75 Å². The van der Waals surface area contributed by atoms with E-state index in [1.165, 1.54) is 22.6 Å². The Bertz CT molecular complexity index is 1370. The molecule has 0 bridgehead atoms. The summed E-state index contributed by atoms with van der Waals surface area (Å²) >= 11 is 6.18. The van der Waals surface area contributed by atoms with Crippen LogP contribution < -0.4 is 15.4 Å². The Morgan fingerprint density at radius 2 is 1.84 bits per heavy atom. The van der Waals surface area contributed by atoms with E-state index < -0.39 is 41.8 Å². The minimum Gasteiger partial charge on any atom is -0.461 e. The van der Waals surface area contributed by atoms with E-state index in [-0.39, 0.29) is 37.3 Å². The number of carbonyl (C=O) groups is 4. The fourth-order valence-electron chi connectivity index (χ4n) is 4.18. The molecule has 2 heterocycles. The van der Waals surface area contributed by atoms with Crippen molar-refractivity contribution in [1.82, 2.24) is 20.0 Å². The molecular weight excluding hydrogens is 594 g/mol. The van der Waals surface area contributed by atoms with Gasteiger partial charge in [-0.15, -0.1) is 0 Å². The molecule has 0 fully saturated rings. The summed E-state index contributed by atoms with van der Waals surface area (Å²) in [6, 6.07) is 6.67. The third-order valence-electron chi connectivity index (χ3n) is 6.14. The lowest BCUT2D eigenvalue weighted by Gasteiger charge is -2.28. The number of anilines is 1. The topological polar surface area (TPSA) is 161 Å². The van der Waals surface area contributed by atoms with Crippen molar-refractivity contribution in [1.29, 1.82) is 0 Å². The molecule has 14 heteroatoms. The van der Waals surface area contributed by atoms with Crippen LogP contribution in [0.2, 0.25) is 5.02 Å². The Kier molecular flexibility index (Phi) is 11.8. The molecule has 0 saturated heterocycles. The average Bonchev–Trinajstić information content (AvgIpc) is 3.50. The van der Waals surface area contributed by atoms with E-state index in [0.717, 1.165) is 0 Å². The molecule has 13 nitrogen and oxygen atoms in total. The van der Waals surface area contributed by atoms with Gasteiger partial charge in [-0.05, 0) is 52.2 Å². The predicted molar refractivity (Wildman–Crippen MR) is 162 cm³/mol. The average molecular weight is 634 g/mol. The highest BCUT2D eigenvalue weighted by molar-refractivity contribution is 6.32. The second kappa shape index (κ2) is 15.1. The molecule has 0 saturated carbocycles. The quantitative estimate of drug-likeness (QED) is 0.280. The molecular formula is C30H40ClN5O8. The number of nitrogens with one attached hydrogen (secondary N) is 2. The molecule has 0 spiro atoms. The lowest BCUT2D eigenvalue weighted by Crippen LogP contribution is -2.46. The molecule has 3 amide bonds. The number of hydrogen-bond donors (Lipinski definition) is 3. The van der Waals surface area contributed by atoms with E-state index in [1.807, 2.05) is 13.8 Å². The van der Waals surface area contributed by atoms with Gasteiger partial charge in [-0.1, -0.05) is 37.6 Å². The van der Waals surface area contributed by atoms with Crippen molar-refractivity contribution < 1.29 is 38.5 Å². The van der Waals surface area contributed by atoms with Crippen LogP contribution in [-0.4, -0.2) is 80.6 Å². The number of carbonyl (C=O) groups excluding carboxylic acids is 4. The van der Waals surface area contributed by atoms with E-state index in [0.29, 0.717) is 23.0 Å². The number of aromatic nitrogens is 2. The Balaban J connectivity index is 1.52. The Morgan fingerprint density at radius 3 is 2.50 bits per heavy atom. The van der Waals surface area contributed by atoms with Crippen LogP contribution in [0.15, 0.2) is 48.4 Å². The maximum Gasteiger partial charge on any atom is 0.408 e. The summed E-state index contributed by atoms with van der Waals surface area (Å²) < 4.78 is 17.4. The highest BCUT2D eigenvalue weighted by atomic mass is 35.5.